The van der Waals surface area contributed by atoms with E-state index < -0.39 is 0 Å². The molecule has 0 radical (unpaired) electrons. The maximum Gasteiger partial charge on any atom is 0.0537 e. The van der Waals surface area contributed by atoms with Crippen LogP contribution in [0.1, 0.15) is 24.4 Å². The van der Waals surface area contributed by atoms with Crippen molar-refractivity contribution in [3.8, 4) is 0 Å². The van der Waals surface area contributed by atoms with E-state index in [0.29, 0.717) is 12.0 Å². The van der Waals surface area contributed by atoms with E-state index in [4.69, 9.17) is 5.73 Å². The Bertz CT molecular complexity index is 294. The highest BCUT2D eigenvalue weighted by molar-refractivity contribution is 5.11. The third-order valence-electron chi connectivity index (χ3n) is 2.97. The van der Waals surface area contributed by atoms with Crippen molar-refractivity contribution >= 4 is 0 Å². The van der Waals surface area contributed by atoms with E-state index in [-0.39, 0.29) is 0 Å². The van der Waals surface area contributed by atoms with Crippen LogP contribution in [0.15, 0.2) is 12.4 Å². The smallest absolute Gasteiger partial charge is 0.0537 e. The molecule has 0 spiro atoms. The predicted octanol–water partition coefficient (Wildman–Crippen LogP) is 0.420. The molecule has 0 amide bonds. The van der Waals surface area contributed by atoms with Gasteiger partial charge >= 0.3 is 0 Å². The molecule has 4 nitrogen and oxygen atoms in total. The summed E-state index contributed by atoms with van der Waals surface area (Å²) in [5.41, 5.74) is 6.98. The van der Waals surface area contributed by atoms with Crippen LogP contribution in [0.4, 0.5) is 0 Å². The van der Waals surface area contributed by atoms with Crippen LogP contribution in [-0.4, -0.2) is 22.9 Å². The average Bonchev–Trinajstić information content (AvgIpc) is 2.65. The topological polar surface area (TPSA) is 55.9 Å². The van der Waals surface area contributed by atoms with Gasteiger partial charge in [-0.15, -0.1) is 0 Å². The molecule has 3 N–H and O–H groups in total. The lowest BCUT2D eigenvalue weighted by molar-refractivity contribution is 0.312. The highest BCUT2D eigenvalue weighted by atomic mass is 15.2. The van der Waals surface area contributed by atoms with Gasteiger partial charge in [-0.05, 0) is 31.8 Å². The standard InChI is InChI=1S/C10H18N4/c1-14-7-9(6-13-14)10-4-8(5-11)2-3-12-10/h6-8,10,12H,2-5,11H2,1H3. The van der Waals surface area contributed by atoms with Gasteiger partial charge in [0.2, 0.25) is 0 Å². The molecule has 0 saturated carbocycles. The van der Waals surface area contributed by atoms with Crippen LogP contribution in [0.2, 0.25) is 0 Å². The molecule has 1 aromatic rings. The minimum absolute atomic E-state index is 0.450. The van der Waals surface area contributed by atoms with E-state index in [9.17, 15) is 0 Å². The van der Waals surface area contributed by atoms with Crippen molar-refractivity contribution in [2.45, 2.75) is 18.9 Å². The van der Waals surface area contributed by atoms with Gasteiger partial charge in [0.25, 0.3) is 0 Å². The zero-order valence-corrected chi connectivity index (χ0v) is 8.61. The number of nitrogens with two attached hydrogens (primary N) is 1. The van der Waals surface area contributed by atoms with E-state index in [2.05, 4.69) is 16.6 Å². The third kappa shape index (κ3) is 1.96. The Labute approximate surface area is 84.5 Å². The number of piperidine rings is 1. The molecule has 4 heteroatoms. The summed E-state index contributed by atoms with van der Waals surface area (Å²) in [5.74, 6) is 0.668. The normalized spacial score (nSPS) is 27.9. The number of hydrogen-bond acceptors (Lipinski definition) is 3. The molecular weight excluding hydrogens is 176 g/mol. The molecule has 14 heavy (non-hydrogen) atoms. The van der Waals surface area contributed by atoms with Gasteiger partial charge in [-0.2, -0.15) is 5.10 Å². The Morgan fingerprint density at radius 2 is 2.57 bits per heavy atom. The molecule has 2 unspecified atom stereocenters. The molecule has 2 atom stereocenters. The number of aromatic nitrogens is 2. The monoisotopic (exact) mass is 194 g/mol. The van der Waals surface area contributed by atoms with Crippen molar-refractivity contribution in [1.29, 1.82) is 0 Å². The van der Waals surface area contributed by atoms with Crippen molar-refractivity contribution in [2.75, 3.05) is 13.1 Å². The summed E-state index contributed by atoms with van der Waals surface area (Å²) < 4.78 is 1.85. The number of hydrogen-bond donors (Lipinski definition) is 2. The van der Waals surface area contributed by atoms with Crippen LogP contribution in [0.3, 0.4) is 0 Å². The first-order valence-electron chi connectivity index (χ1n) is 5.21. The van der Waals surface area contributed by atoms with Crippen LogP contribution >= 0.6 is 0 Å². The Balaban J connectivity index is 2.04. The fraction of sp³-hybridized carbons (Fsp3) is 0.700. The van der Waals surface area contributed by atoms with Gasteiger partial charge in [0.05, 0.1) is 6.20 Å². The Morgan fingerprint density at radius 1 is 1.71 bits per heavy atom. The van der Waals surface area contributed by atoms with Crippen LogP contribution in [-0.2, 0) is 7.05 Å². The molecule has 1 aliphatic rings. The summed E-state index contributed by atoms with van der Waals surface area (Å²) in [7, 11) is 1.95. The molecule has 2 rings (SSSR count). The molecule has 1 aromatic heterocycles. The first-order chi connectivity index (χ1) is 6.79. The lowest BCUT2D eigenvalue weighted by Gasteiger charge is -2.28. The average molecular weight is 194 g/mol. The maximum atomic E-state index is 5.70. The summed E-state index contributed by atoms with van der Waals surface area (Å²) in [5, 5.41) is 7.69. The van der Waals surface area contributed by atoms with Gasteiger partial charge in [0, 0.05) is 24.8 Å². The Kier molecular flexibility index (Phi) is 2.84. The molecule has 1 fully saturated rings. The van der Waals surface area contributed by atoms with E-state index in [1.54, 1.807) is 0 Å². The second-order valence-corrected chi connectivity index (χ2v) is 4.08. The van der Waals surface area contributed by atoms with Crippen LogP contribution in [0, 0.1) is 5.92 Å². The molecule has 0 bridgehead atoms. The lowest BCUT2D eigenvalue weighted by Crippen LogP contribution is -2.34. The zero-order valence-electron chi connectivity index (χ0n) is 8.61. The molecule has 2 heterocycles. The molecular formula is C10H18N4. The summed E-state index contributed by atoms with van der Waals surface area (Å²) in [4.78, 5) is 0. The van der Waals surface area contributed by atoms with Crippen molar-refractivity contribution in [1.82, 2.24) is 15.1 Å². The minimum atomic E-state index is 0.450. The molecule has 1 aliphatic heterocycles. The van der Waals surface area contributed by atoms with Gasteiger partial charge in [-0.25, -0.2) is 0 Å². The fourth-order valence-corrected chi connectivity index (χ4v) is 2.08. The summed E-state index contributed by atoms with van der Waals surface area (Å²) in [6.07, 6.45) is 6.36. The summed E-state index contributed by atoms with van der Waals surface area (Å²) in [6, 6.07) is 0.450. The number of aryl methyl sites for hydroxylation is 1. The Hall–Kier alpha value is -0.870. The fourth-order valence-electron chi connectivity index (χ4n) is 2.08. The van der Waals surface area contributed by atoms with Gasteiger partial charge in [0.1, 0.15) is 0 Å². The highest BCUT2D eigenvalue weighted by Crippen LogP contribution is 2.25. The predicted molar refractivity (Wildman–Crippen MR) is 55.7 cm³/mol. The van der Waals surface area contributed by atoms with Gasteiger partial charge < -0.3 is 11.1 Å². The summed E-state index contributed by atoms with van der Waals surface area (Å²) >= 11 is 0. The van der Waals surface area contributed by atoms with E-state index in [1.807, 2.05) is 17.9 Å². The molecule has 1 saturated heterocycles. The van der Waals surface area contributed by atoms with Crippen LogP contribution in [0.25, 0.3) is 0 Å². The second kappa shape index (κ2) is 4.11. The molecule has 78 valence electrons. The number of nitrogens with one attached hydrogen (secondary N) is 1. The quantitative estimate of drug-likeness (QED) is 0.717. The number of nitrogens with zero attached hydrogens (tertiary/aromatic N) is 2. The second-order valence-electron chi connectivity index (χ2n) is 4.08. The summed E-state index contributed by atoms with van der Waals surface area (Å²) in [6.45, 7) is 1.87. The number of rotatable bonds is 2. The van der Waals surface area contributed by atoms with Gasteiger partial charge in [0.15, 0.2) is 0 Å². The van der Waals surface area contributed by atoms with E-state index in [1.165, 1.54) is 12.0 Å². The minimum Gasteiger partial charge on any atom is -0.330 e. The SMILES string of the molecule is Cn1cc(C2CC(CN)CCN2)cn1. The van der Waals surface area contributed by atoms with Crippen molar-refractivity contribution in [3.63, 3.8) is 0 Å². The van der Waals surface area contributed by atoms with E-state index >= 15 is 0 Å². The van der Waals surface area contributed by atoms with Gasteiger partial charge in [-0.3, -0.25) is 4.68 Å². The van der Waals surface area contributed by atoms with Crippen molar-refractivity contribution in [2.24, 2.45) is 18.7 Å². The first-order valence-corrected chi connectivity index (χ1v) is 5.21. The molecule has 0 aliphatic carbocycles. The van der Waals surface area contributed by atoms with Crippen molar-refractivity contribution in [3.05, 3.63) is 18.0 Å². The Morgan fingerprint density at radius 3 is 3.21 bits per heavy atom. The van der Waals surface area contributed by atoms with E-state index in [0.717, 1.165) is 19.5 Å². The van der Waals surface area contributed by atoms with Gasteiger partial charge in [-0.1, -0.05) is 0 Å². The largest absolute Gasteiger partial charge is 0.330 e. The van der Waals surface area contributed by atoms with Crippen LogP contribution < -0.4 is 11.1 Å². The first kappa shape index (κ1) is 9.68. The zero-order chi connectivity index (χ0) is 9.97. The third-order valence-corrected chi connectivity index (χ3v) is 2.97. The maximum absolute atomic E-state index is 5.70. The lowest BCUT2D eigenvalue weighted by atomic mass is 9.90. The van der Waals surface area contributed by atoms with Crippen molar-refractivity contribution < 1.29 is 0 Å². The molecule has 0 aromatic carbocycles. The highest BCUT2D eigenvalue weighted by Gasteiger charge is 2.22. The van der Waals surface area contributed by atoms with Crippen LogP contribution in [0.5, 0.6) is 0 Å².